The highest BCUT2D eigenvalue weighted by atomic mass is 16.5. The van der Waals surface area contributed by atoms with Crippen molar-refractivity contribution in [3.05, 3.63) is 65.0 Å². The lowest BCUT2D eigenvalue weighted by Gasteiger charge is -2.09. The molecule has 3 heterocycles. The normalized spacial score (nSPS) is 10.8. The molecule has 0 unspecified atom stereocenters. The first-order valence-electron chi connectivity index (χ1n) is 9.98. The Morgan fingerprint density at radius 1 is 1.06 bits per heavy atom. The van der Waals surface area contributed by atoms with E-state index in [2.05, 4.69) is 20.8 Å². The van der Waals surface area contributed by atoms with E-state index in [0.717, 1.165) is 11.1 Å². The standard InChI is InChI=1S/C23H20N4O6/c1-12-6-7-15(9-13(12)2)24-23(30)26-19(28)11-32-22(29)16-10-17(18-5-4-8-31-18)25-21-20(16)14(3)27-33-21/h4-10H,11H2,1-3H3,(H2,24,26,28,30). The SMILES string of the molecule is Cc1ccc(NC(=O)NC(=O)COC(=O)c2cc(-c3ccco3)nc3onc(C)c23)cc1C. The van der Waals surface area contributed by atoms with Crippen LogP contribution >= 0.6 is 0 Å². The number of rotatable bonds is 5. The van der Waals surface area contributed by atoms with Crippen molar-refractivity contribution in [2.75, 3.05) is 11.9 Å². The highest BCUT2D eigenvalue weighted by Gasteiger charge is 2.22. The van der Waals surface area contributed by atoms with Crippen LogP contribution in [0.15, 0.2) is 51.6 Å². The van der Waals surface area contributed by atoms with Gasteiger partial charge in [0.05, 0.1) is 22.9 Å². The van der Waals surface area contributed by atoms with Gasteiger partial charge in [-0.15, -0.1) is 0 Å². The maximum atomic E-state index is 12.8. The Bertz CT molecular complexity index is 1360. The number of carbonyl (C=O) groups excluding carboxylic acids is 3. The molecule has 0 aliphatic rings. The van der Waals surface area contributed by atoms with E-state index < -0.39 is 24.5 Å². The summed E-state index contributed by atoms with van der Waals surface area (Å²) in [5.41, 5.74) is 3.62. The molecule has 10 nitrogen and oxygen atoms in total. The van der Waals surface area contributed by atoms with Crippen LogP contribution in [-0.2, 0) is 9.53 Å². The molecule has 4 rings (SSSR count). The van der Waals surface area contributed by atoms with E-state index in [1.54, 1.807) is 31.2 Å². The Labute approximate surface area is 187 Å². The summed E-state index contributed by atoms with van der Waals surface area (Å²) in [5.74, 6) is -1.17. The van der Waals surface area contributed by atoms with Crippen LogP contribution in [0, 0.1) is 20.8 Å². The number of hydrogen-bond donors (Lipinski definition) is 2. The maximum Gasteiger partial charge on any atom is 0.339 e. The van der Waals surface area contributed by atoms with Crippen LogP contribution in [0.2, 0.25) is 0 Å². The van der Waals surface area contributed by atoms with E-state index in [-0.39, 0.29) is 11.3 Å². The van der Waals surface area contributed by atoms with Gasteiger partial charge in [-0.2, -0.15) is 0 Å². The van der Waals surface area contributed by atoms with Gasteiger partial charge in [0, 0.05) is 5.69 Å². The van der Waals surface area contributed by atoms with Crippen LogP contribution in [0.5, 0.6) is 0 Å². The van der Waals surface area contributed by atoms with E-state index in [1.807, 2.05) is 19.9 Å². The van der Waals surface area contributed by atoms with Crippen molar-refractivity contribution in [3.63, 3.8) is 0 Å². The van der Waals surface area contributed by atoms with Crippen LogP contribution in [0.25, 0.3) is 22.6 Å². The summed E-state index contributed by atoms with van der Waals surface area (Å²) in [7, 11) is 0. The summed E-state index contributed by atoms with van der Waals surface area (Å²) < 4.78 is 15.6. The predicted molar refractivity (Wildman–Crippen MR) is 118 cm³/mol. The van der Waals surface area contributed by atoms with E-state index in [4.69, 9.17) is 13.7 Å². The number of anilines is 1. The predicted octanol–water partition coefficient (Wildman–Crippen LogP) is 3.91. The van der Waals surface area contributed by atoms with E-state index in [1.165, 1.54) is 12.3 Å². The van der Waals surface area contributed by atoms with Gasteiger partial charge in [0.2, 0.25) is 0 Å². The second kappa shape index (κ2) is 8.95. The number of nitrogens with one attached hydrogen (secondary N) is 2. The van der Waals surface area contributed by atoms with Gasteiger partial charge in [-0.05, 0) is 62.2 Å². The number of imide groups is 1. The van der Waals surface area contributed by atoms with Crippen LogP contribution < -0.4 is 10.6 Å². The summed E-state index contributed by atoms with van der Waals surface area (Å²) in [6.07, 6.45) is 1.47. The second-order valence-electron chi connectivity index (χ2n) is 7.36. The number of aryl methyl sites for hydroxylation is 3. The maximum absolute atomic E-state index is 12.8. The van der Waals surface area contributed by atoms with Crippen LogP contribution in [0.4, 0.5) is 10.5 Å². The number of nitrogens with zero attached hydrogens (tertiary/aromatic N) is 2. The average molecular weight is 448 g/mol. The summed E-state index contributed by atoms with van der Waals surface area (Å²) >= 11 is 0. The first-order chi connectivity index (χ1) is 15.8. The quantitative estimate of drug-likeness (QED) is 0.439. The fraction of sp³-hybridized carbons (Fsp3) is 0.174. The lowest BCUT2D eigenvalue weighted by molar-refractivity contribution is -0.123. The molecule has 168 valence electrons. The molecule has 0 fully saturated rings. The summed E-state index contributed by atoms with van der Waals surface area (Å²) in [6.45, 7) is 4.85. The summed E-state index contributed by atoms with van der Waals surface area (Å²) in [5, 5.41) is 8.89. The molecule has 10 heteroatoms. The summed E-state index contributed by atoms with van der Waals surface area (Å²) in [4.78, 5) is 41.3. The average Bonchev–Trinajstić information content (AvgIpc) is 3.44. The largest absolute Gasteiger partial charge is 0.463 e. The van der Waals surface area contributed by atoms with Crippen molar-refractivity contribution in [1.29, 1.82) is 0 Å². The fourth-order valence-electron chi connectivity index (χ4n) is 3.16. The first-order valence-corrected chi connectivity index (χ1v) is 9.98. The Balaban J connectivity index is 1.43. The van der Waals surface area contributed by atoms with Crippen molar-refractivity contribution in [1.82, 2.24) is 15.5 Å². The van der Waals surface area contributed by atoms with Gasteiger partial charge >= 0.3 is 12.0 Å². The number of urea groups is 1. The van der Waals surface area contributed by atoms with Crippen LogP contribution in [0.1, 0.15) is 27.2 Å². The van der Waals surface area contributed by atoms with Crippen LogP contribution in [-0.4, -0.2) is 34.7 Å². The molecule has 3 aromatic heterocycles. The molecule has 0 bridgehead atoms. The molecule has 0 saturated carbocycles. The third-order valence-electron chi connectivity index (χ3n) is 4.96. The number of fused-ring (bicyclic) bond motifs is 1. The second-order valence-corrected chi connectivity index (χ2v) is 7.36. The minimum Gasteiger partial charge on any atom is -0.463 e. The Kier molecular flexibility index (Phi) is 5.90. The van der Waals surface area contributed by atoms with Crippen molar-refractivity contribution in [2.45, 2.75) is 20.8 Å². The Morgan fingerprint density at radius 2 is 1.88 bits per heavy atom. The number of aromatic nitrogens is 2. The monoisotopic (exact) mass is 448 g/mol. The van der Waals surface area contributed by atoms with Crippen molar-refractivity contribution in [2.24, 2.45) is 0 Å². The minimum absolute atomic E-state index is 0.109. The van der Waals surface area contributed by atoms with E-state index in [0.29, 0.717) is 28.2 Å². The molecule has 33 heavy (non-hydrogen) atoms. The van der Waals surface area contributed by atoms with Gasteiger partial charge < -0.3 is 19.0 Å². The zero-order valence-electron chi connectivity index (χ0n) is 18.1. The number of ether oxygens (including phenoxy) is 1. The molecule has 4 aromatic rings. The zero-order chi connectivity index (χ0) is 23.5. The number of pyridine rings is 1. The number of carbonyl (C=O) groups is 3. The molecule has 2 N–H and O–H groups in total. The lowest BCUT2D eigenvalue weighted by atomic mass is 10.1. The number of esters is 1. The minimum atomic E-state index is -0.800. The smallest absolute Gasteiger partial charge is 0.339 e. The molecular formula is C23H20N4O6. The third kappa shape index (κ3) is 4.74. The van der Waals surface area contributed by atoms with Gasteiger partial charge in [0.15, 0.2) is 12.4 Å². The fourth-order valence-corrected chi connectivity index (χ4v) is 3.16. The van der Waals surface area contributed by atoms with E-state index in [9.17, 15) is 14.4 Å². The molecule has 0 spiro atoms. The number of hydrogen-bond acceptors (Lipinski definition) is 8. The van der Waals surface area contributed by atoms with Gasteiger partial charge in [-0.3, -0.25) is 10.1 Å². The topological polar surface area (TPSA) is 137 Å². The molecule has 3 amide bonds. The van der Waals surface area contributed by atoms with Crippen molar-refractivity contribution in [3.8, 4) is 11.5 Å². The zero-order valence-corrected chi connectivity index (χ0v) is 18.1. The molecule has 0 atom stereocenters. The molecule has 0 saturated heterocycles. The highest BCUT2D eigenvalue weighted by molar-refractivity contribution is 6.06. The van der Waals surface area contributed by atoms with E-state index >= 15 is 0 Å². The molecule has 0 aliphatic heterocycles. The lowest BCUT2D eigenvalue weighted by Crippen LogP contribution is -2.37. The number of amides is 3. The van der Waals surface area contributed by atoms with Crippen LogP contribution in [0.3, 0.4) is 0 Å². The number of benzene rings is 1. The molecule has 0 aliphatic carbocycles. The van der Waals surface area contributed by atoms with Crippen molar-refractivity contribution < 1.29 is 28.1 Å². The first kappa shape index (κ1) is 21.8. The van der Waals surface area contributed by atoms with Gasteiger partial charge in [-0.1, -0.05) is 11.2 Å². The molecular weight excluding hydrogens is 428 g/mol. The van der Waals surface area contributed by atoms with Crippen molar-refractivity contribution >= 4 is 34.7 Å². The summed E-state index contributed by atoms with van der Waals surface area (Å²) in [6, 6.07) is 9.45. The van der Waals surface area contributed by atoms with Gasteiger partial charge in [0.25, 0.3) is 11.6 Å². The molecule has 0 radical (unpaired) electrons. The van der Waals surface area contributed by atoms with Gasteiger partial charge in [0.1, 0.15) is 5.69 Å². The molecule has 1 aromatic carbocycles. The Morgan fingerprint density at radius 3 is 2.61 bits per heavy atom. The van der Waals surface area contributed by atoms with Gasteiger partial charge in [-0.25, -0.2) is 14.6 Å². The Hall–Kier alpha value is -4.47. The number of furan rings is 1. The highest BCUT2D eigenvalue weighted by Crippen LogP contribution is 2.27. The third-order valence-corrected chi connectivity index (χ3v) is 4.96.